The van der Waals surface area contributed by atoms with Crippen LogP contribution in [0.4, 0.5) is 0 Å². The van der Waals surface area contributed by atoms with Crippen LogP contribution in [-0.4, -0.2) is 42.9 Å². The van der Waals surface area contributed by atoms with Gasteiger partial charge in [-0.1, -0.05) is 0 Å². The van der Waals surface area contributed by atoms with Gasteiger partial charge in [0.15, 0.2) is 5.84 Å². The summed E-state index contributed by atoms with van der Waals surface area (Å²) < 4.78 is 5.14. The van der Waals surface area contributed by atoms with Crippen LogP contribution in [-0.2, 0) is 9.53 Å². The molecule has 2 heterocycles. The minimum Gasteiger partial charge on any atom is -0.378 e. The van der Waals surface area contributed by atoms with Crippen molar-refractivity contribution in [2.24, 2.45) is 15.4 Å². The Balaban J connectivity index is 1.84. The van der Waals surface area contributed by atoms with E-state index >= 15 is 0 Å². The number of amidine groups is 1. The van der Waals surface area contributed by atoms with Crippen LogP contribution in [0.3, 0.4) is 0 Å². The number of morpholine rings is 1. The number of rotatable bonds is 2. The van der Waals surface area contributed by atoms with E-state index in [1.165, 1.54) is 0 Å². The summed E-state index contributed by atoms with van der Waals surface area (Å²) in [5.74, 6) is 0.379. The van der Waals surface area contributed by atoms with Crippen molar-refractivity contribution in [2.75, 3.05) is 26.3 Å². The molecular weight excluding hydrogens is 186 g/mol. The third-order valence-corrected chi connectivity index (χ3v) is 2.03. The van der Waals surface area contributed by atoms with E-state index in [1.807, 2.05) is 0 Å². The Morgan fingerprint density at radius 2 is 2.21 bits per heavy atom. The third-order valence-electron chi connectivity index (χ3n) is 2.03. The number of nitrogens with zero attached hydrogens (tertiary/aromatic N) is 5. The van der Waals surface area contributed by atoms with Crippen LogP contribution in [0.1, 0.15) is 6.42 Å². The van der Waals surface area contributed by atoms with Gasteiger partial charge < -0.3 is 9.64 Å². The fourth-order valence-electron chi connectivity index (χ4n) is 1.29. The largest absolute Gasteiger partial charge is 0.378 e. The molecule has 0 aromatic carbocycles. The molecule has 0 bridgehead atoms. The fraction of sp³-hybridized carbons (Fsp3) is 0.714. The first-order valence-corrected chi connectivity index (χ1v) is 4.39. The zero-order valence-corrected chi connectivity index (χ0v) is 7.59. The predicted molar refractivity (Wildman–Crippen MR) is 46.4 cm³/mol. The molecule has 0 aromatic heterocycles. The molecule has 14 heavy (non-hydrogen) atoms. The first kappa shape index (κ1) is 9.07. The van der Waals surface area contributed by atoms with Crippen molar-refractivity contribution in [3.63, 3.8) is 0 Å². The Labute approximate surface area is 80.8 Å². The summed E-state index contributed by atoms with van der Waals surface area (Å²) in [5, 5.41) is 10.5. The van der Waals surface area contributed by atoms with Crippen LogP contribution < -0.4 is 5.53 Å². The Kier molecular flexibility index (Phi) is 2.68. The Morgan fingerprint density at radius 1 is 1.43 bits per heavy atom. The SMILES string of the molecule is O=C(CC1=N[N]N=N1)N1CCOCC1. The summed E-state index contributed by atoms with van der Waals surface area (Å²) in [5.41, 5.74) is 3.31. The predicted octanol–water partition coefficient (Wildman–Crippen LogP) is -0.466. The molecule has 2 rings (SSSR count). The summed E-state index contributed by atoms with van der Waals surface area (Å²) in [6.07, 6.45) is 0.174. The number of carbonyl (C=O) groups excluding carboxylic acids is 1. The zero-order valence-electron chi connectivity index (χ0n) is 7.59. The Bertz CT molecular complexity index is 282. The van der Waals surface area contributed by atoms with Crippen LogP contribution >= 0.6 is 0 Å². The molecule has 0 saturated carbocycles. The molecule has 1 amide bonds. The highest BCUT2D eigenvalue weighted by Crippen LogP contribution is 2.03. The summed E-state index contributed by atoms with van der Waals surface area (Å²) in [6.45, 7) is 2.48. The van der Waals surface area contributed by atoms with Gasteiger partial charge in [-0.05, 0) is 10.8 Å². The summed E-state index contributed by atoms with van der Waals surface area (Å²) in [6, 6.07) is 0. The molecule has 1 fully saturated rings. The topological polar surface area (TPSA) is 80.7 Å². The molecule has 7 heteroatoms. The van der Waals surface area contributed by atoms with E-state index in [4.69, 9.17) is 4.74 Å². The van der Waals surface area contributed by atoms with Crippen molar-refractivity contribution in [1.29, 1.82) is 0 Å². The van der Waals surface area contributed by atoms with Crippen molar-refractivity contribution >= 4 is 11.7 Å². The van der Waals surface area contributed by atoms with Gasteiger partial charge in [0.25, 0.3) is 0 Å². The number of hydrogen-bond acceptors (Lipinski definition) is 5. The van der Waals surface area contributed by atoms with E-state index in [0.29, 0.717) is 32.1 Å². The highest BCUT2D eigenvalue weighted by Gasteiger charge is 2.19. The molecule has 0 aromatic rings. The van der Waals surface area contributed by atoms with Crippen LogP contribution in [0.5, 0.6) is 0 Å². The van der Waals surface area contributed by atoms with Gasteiger partial charge in [-0.3, -0.25) is 4.79 Å². The first-order chi connectivity index (χ1) is 6.86. The quantitative estimate of drug-likeness (QED) is 0.598. The Hall–Kier alpha value is -1.50. The average molecular weight is 196 g/mol. The van der Waals surface area contributed by atoms with E-state index in [2.05, 4.69) is 21.0 Å². The van der Waals surface area contributed by atoms with Gasteiger partial charge >= 0.3 is 0 Å². The molecule has 0 spiro atoms. The second-order valence-electron chi connectivity index (χ2n) is 2.97. The number of amides is 1. The molecule has 0 aliphatic carbocycles. The van der Waals surface area contributed by atoms with Crippen LogP contribution in [0.15, 0.2) is 15.4 Å². The van der Waals surface area contributed by atoms with Gasteiger partial charge in [0.2, 0.25) is 5.91 Å². The van der Waals surface area contributed by atoms with Gasteiger partial charge in [-0.25, -0.2) is 0 Å². The standard InChI is InChI=1S/C7H10N5O2/c13-7(5-6-8-10-11-9-6)12-1-3-14-4-2-12/h1-5H2. The monoisotopic (exact) mass is 196 g/mol. The van der Waals surface area contributed by atoms with E-state index in [0.717, 1.165) is 0 Å². The summed E-state index contributed by atoms with van der Waals surface area (Å²) in [7, 11) is 0. The molecule has 1 saturated heterocycles. The minimum atomic E-state index is 0.00287. The smallest absolute Gasteiger partial charge is 0.230 e. The van der Waals surface area contributed by atoms with Gasteiger partial charge in [0.1, 0.15) is 0 Å². The normalized spacial score (nSPS) is 20.6. The van der Waals surface area contributed by atoms with Crippen molar-refractivity contribution in [2.45, 2.75) is 6.42 Å². The molecule has 7 nitrogen and oxygen atoms in total. The average Bonchev–Trinajstić information content (AvgIpc) is 2.72. The highest BCUT2D eigenvalue weighted by atomic mass is 16.5. The maximum Gasteiger partial charge on any atom is 0.230 e. The maximum absolute atomic E-state index is 11.6. The maximum atomic E-state index is 11.6. The molecule has 0 atom stereocenters. The fourth-order valence-corrected chi connectivity index (χ4v) is 1.29. The lowest BCUT2D eigenvalue weighted by Crippen LogP contribution is -2.41. The lowest BCUT2D eigenvalue weighted by Gasteiger charge is -2.26. The van der Waals surface area contributed by atoms with Crippen molar-refractivity contribution in [1.82, 2.24) is 10.4 Å². The van der Waals surface area contributed by atoms with Crippen molar-refractivity contribution in [3.05, 3.63) is 0 Å². The Morgan fingerprint density at radius 3 is 2.86 bits per heavy atom. The summed E-state index contributed by atoms with van der Waals surface area (Å²) >= 11 is 0. The summed E-state index contributed by atoms with van der Waals surface area (Å²) in [4.78, 5) is 13.3. The van der Waals surface area contributed by atoms with Crippen LogP contribution in [0, 0.1) is 0 Å². The minimum absolute atomic E-state index is 0.00287. The van der Waals surface area contributed by atoms with Gasteiger partial charge in [-0.15, -0.1) is 10.2 Å². The molecular formula is C7H10N5O2. The van der Waals surface area contributed by atoms with Gasteiger partial charge in [-0.2, -0.15) is 0 Å². The molecule has 0 N–H and O–H groups in total. The first-order valence-electron chi connectivity index (χ1n) is 4.39. The van der Waals surface area contributed by atoms with E-state index < -0.39 is 0 Å². The van der Waals surface area contributed by atoms with E-state index in [1.54, 1.807) is 4.90 Å². The van der Waals surface area contributed by atoms with Gasteiger partial charge in [0.05, 0.1) is 19.6 Å². The number of carbonyl (C=O) groups is 1. The third kappa shape index (κ3) is 2.05. The molecule has 75 valence electrons. The molecule has 2 aliphatic rings. The van der Waals surface area contributed by atoms with Gasteiger partial charge in [0, 0.05) is 13.1 Å². The molecule has 1 radical (unpaired) electrons. The zero-order chi connectivity index (χ0) is 9.80. The van der Waals surface area contributed by atoms with Crippen molar-refractivity contribution < 1.29 is 9.53 Å². The highest BCUT2D eigenvalue weighted by molar-refractivity contribution is 6.00. The second-order valence-corrected chi connectivity index (χ2v) is 2.97. The van der Waals surface area contributed by atoms with E-state index in [-0.39, 0.29) is 12.3 Å². The number of ether oxygens (including phenoxy) is 1. The van der Waals surface area contributed by atoms with Crippen molar-refractivity contribution in [3.8, 4) is 0 Å². The lowest BCUT2D eigenvalue weighted by molar-refractivity contribution is -0.133. The molecule has 0 unspecified atom stereocenters. The molecule has 2 aliphatic heterocycles. The lowest BCUT2D eigenvalue weighted by atomic mass is 10.3. The number of hydrogen-bond donors (Lipinski definition) is 0. The van der Waals surface area contributed by atoms with Crippen LogP contribution in [0.25, 0.3) is 0 Å². The van der Waals surface area contributed by atoms with E-state index in [9.17, 15) is 4.79 Å². The van der Waals surface area contributed by atoms with Crippen LogP contribution in [0.2, 0.25) is 0 Å². The second kappa shape index (κ2) is 4.14.